The summed E-state index contributed by atoms with van der Waals surface area (Å²) >= 11 is 0. The molecular weight excluding hydrogens is 441 g/mol. The number of hydrogen-bond acceptors (Lipinski definition) is 4. The molecule has 0 amide bonds. The molecule has 1 aliphatic heterocycles. The Morgan fingerprint density at radius 3 is 2.62 bits per heavy atom. The van der Waals surface area contributed by atoms with Gasteiger partial charge in [-0.05, 0) is 23.8 Å². The third-order valence-corrected chi connectivity index (χ3v) is 6.28. The number of fused-ring (bicyclic) bond motifs is 2. The molecule has 1 aliphatic rings. The fourth-order valence-electron chi connectivity index (χ4n) is 4.52. The molecule has 0 saturated heterocycles. The smallest absolute Gasteiger partial charge is 0.383 e. The molecule has 34 heavy (non-hydrogen) atoms. The van der Waals surface area contributed by atoms with Crippen LogP contribution in [0, 0.1) is 0 Å². The van der Waals surface area contributed by atoms with Crippen molar-refractivity contribution in [1.82, 2.24) is 19.4 Å². The Bertz CT molecular complexity index is 1300. The Morgan fingerprint density at radius 2 is 1.85 bits per heavy atom. The zero-order chi connectivity index (χ0) is 23.7. The zero-order valence-corrected chi connectivity index (χ0v) is 18.8. The van der Waals surface area contributed by atoms with Gasteiger partial charge in [0.15, 0.2) is 5.82 Å². The van der Waals surface area contributed by atoms with Crippen LogP contribution in [0.4, 0.5) is 13.2 Å². The van der Waals surface area contributed by atoms with Crippen LogP contribution in [0.3, 0.4) is 0 Å². The van der Waals surface area contributed by atoms with Gasteiger partial charge in [-0.3, -0.25) is 4.90 Å². The standard InChI is InChI=1S/C26H25F3N4O/c1-34-13-12-33-17-20(22-4-2-3-5-24(22)33)16-32-11-10-23-19(15-32)14-30-25(31-23)18-6-8-21(9-7-18)26(27,28)29/h2-9,14,17H,10-13,15-16H2,1H3. The third kappa shape index (κ3) is 4.56. The summed E-state index contributed by atoms with van der Waals surface area (Å²) in [6.07, 6.45) is 0.440. The lowest BCUT2D eigenvalue weighted by Crippen LogP contribution is -2.30. The fourth-order valence-corrected chi connectivity index (χ4v) is 4.52. The number of benzene rings is 2. The van der Waals surface area contributed by atoms with Gasteiger partial charge >= 0.3 is 6.18 Å². The molecule has 5 rings (SSSR count). The monoisotopic (exact) mass is 466 g/mol. The molecule has 0 saturated carbocycles. The molecule has 0 atom stereocenters. The second-order valence-electron chi connectivity index (χ2n) is 8.56. The Labute approximate surface area is 195 Å². The first kappa shape index (κ1) is 22.6. The molecule has 0 fully saturated rings. The Morgan fingerprint density at radius 1 is 1.06 bits per heavy atom. The average molecular weight is 467 g/mol. The summed E-state index contributed by atoms with van der Waals surface area (Å²) in [7, 11) is 1.71. The molecule has 2 aromatic carbocycles. The largest absolute Gasteiger partial charge is 0.416 e. The lowest BCUT2D eigenvalue weighted by atomic mass is 10.1. The van der Waals surface area contributed by atoms with Crippen LogP contribution in [-0.4, -0.2) is 39.7 Å². The first-order valence-electron chi connectivity index (χ1n) is 11.2. The van der Waals surface area contributed by atoms with Crippen LogP contribution in [0.1, 0.15) is 22.4 Å². The number of halogens is 3. The summed E-state index contributed by atoms with van der Waals surface area (Å²) in [6, 6.07) is 13.4. The van der Waals surface area contributed by atoms with Crippen LogP contribution >= 0.6 is 0 Å². The maximum absolute atomic E-state index is 12.8. The number of alkyl halides is 3. The minimum atomic E-state index is -4.35. The van der Waals surface area contributed by atoms with Gasteiger partial charge in [0.05, 0.1) is 17.9 Å². The van der Waals surface area contributed by atoms with Gasteiger partial charge in [-0.25, -0.2) is 9.97 Å². The lowest BCUT2D eigenvalue weighted by Gasteiger charge is -2.28. The van der Waals surface area contributed by atoms with Gasteiger partial charge in [0.25, 0.3) is 0 Å². The fraction of sp³-hybridized carbons (Fsp3) is 0.308. The Balaban J connectivity index is 1.33. The average Bonchev–Trinajstić information content (AvgIpc) is 3.19. The van der Waals surface area contributed by atoms with Crippen molar-refractivity contribution in [2.45, 2.75) is 32.2 Å². The van der Waals surface area contributed by atoms with Gasteiger partial charge in [-0.15, -0.1) is 0 Å². The SMILES string of the molecule is COCCn1cc(CN2CCc3nc(-c4ccc(C(F)(F)F)cc4)ncc3C2)c2ccccc21. The van der Waals surface area contributed by atoms with E-state index in [0.29, 0.717) is 18.0 Å². The van der Waals surface area contributed by atoms with Gasteiger partial charge < -0.3 is 9.30 Å². The van der Waals surface area contributed by atoms with Gasteiger partial charge in [0, 0.05) is 74.1 Å². The van der Waals surface area contributed by atoms with E-state index in [1.165, 1.54) is 28.6 Å². The highest BCUT2D eigenvalue weighted by molar-refractivity contribution is 5.84. The van der Waals surface area contributed by atoms with E-state index >= 15 is 0 Å². The highest BCUT2D eigenvalue weighted by atomic mass is 19.4. The highest BCUT2D eigenvalue weighted by Crippen LogP contribution is 2.31. The molecule has 4 aromatic rings. The minimum absolute atomic E-state index is 0.460. The van der Waals surface area contributed by atoms with Crippen LogP contribution in [0.2, 0.25) is 0 Å². The van der Waals surface area contributed by atoms with Crippen LogP contribution in [0.25, 0.3) is 22.3 Å². The number of nitrogens with zero attached hydrogens (tertiary/aromatic N) is 4. The highest BCUT2D eigenvalue weighted by Gasteiger charge is 2.30. The summed E-state index contributed by atoms with van der Waals surface area (Å²) in [5.41, 5.74) is 4.41. The summed E-state index contributed by atoms with van der Waals surface area (Å²) < 4.78 is 46.0. The summed E-state index contributed by atoms with van der Waals surface area (Å²) in [5.74, 6) is 0.460. The van der Waals surface area contributed by atoms with Crippen LogP contribution in [-0.2, 0) is 37.0 Å². The summed E-state index contributed by atoms with van der Waals surface area (Å²) in [6.45, 7) is 3.88. The van der Waals surface area contributed by atoms with Crippen molar-refractivity contribution in [3.63, 3.8) is 0 Å². The van der Waals surface area contributed by atoms with Crippen LogP contribution in [0.5, 0.6) is 0 Å². The molecular formula is C26H25F3N4O. The molecule has 5 nitrogen and oxygen atoms in total. The van der Waals surface area contributed by atoms with E-state index in [1.807, 2.05) is 6.20 Å². The Hall–Kier alpha value is -3.23. The topological polar surface area (TPSA) is 43.2 Å². The summed E-state index contributed by atoms with van der Waals surface area (Å²) in [5, 5.41) is 1.25. The molecule has 0 radical (unpaired) electrons. The van der Waals surface area contributed by atoms with Crippen LogP contribution < -0.4 is 0 Å². The van der Waals surface area contributed by atoms with Crippen LogP contribution in [0.15, 0.2) is 60.9 Å². The van der Waals surface area contributed by atoms with Gasteiger partial charge in [0.2, 0.25) is 0 Å². The van der Waals surface area contributed by atoms with Crippen molar-refractivity contribution >= 4 is 10.9 Å². The van der Waals surface area contributed by atoms with Crippen molar-refractivity contribution in [2.75, 3.05) is 20.3 Å². The maximum atomic E-state index is 12.8. The van der Waals surface area contributed by atoms with E-state index in [0.717, 1.165) is 56.0 Å². The van der Waals surface area contributed by atoms with Crippen molar-refractivity contribution in [3.05, 3.63) is 83.3 Å². The maximum Gasteiger partial charge on any atom is 0.416 e. The van der Waals surface area contributed by atoms with E-state index in [1.54, 1.807) is 7.11 Å². The van der Waals surface area contributed by atoms with Crippen molar-refractivity contribution in [2.24, 2.45) is 0 Å². The quantitative estimate of drug-likeness (QED) is 0.386. The van der Waals surface area contributed by atoms with Crippen molar-refractivity contribution in [1.29, 1.82) is 0 Å². The molecule has 3 heterocycles. The van der Waals surface area contributed by atoms with E-state index < -0.39 is 11.7 Å². The van der Waals surface area contributed by atoms with Crippen molar-refractivity contribution in [3.8, 4) is 11.4 Å². The number of methoxy groups -OCH3 is 1. The second kappa shape index (κ2) is 9.19. The summed E-state index contributed by atoms with van der Waals surface area (Å²) in [4.78, 5) is 11.5. The predicted octanol–water partition coefficient (Wildman–Crippen LogP) is 5.32. The molecule has 0 aliphatic carbocycles. The number of ether oxygens (including phenoxy) is 1. The number of aromatic nitrogens is 3. The van der Waals surface area contributed by atoms with E-state index in [2.05, 4.69) is 49.9 Å². The number of rotatable bonds is 6. The first-order chi connectivity index (χ1) is 16.4. The predicted molar refractivity (Wildman–Crippen MR) is 124 cm³/mol. The second-order valence-corrected chi connectivity index (χ2v) is 8.56. The van der Waals surface area contributed by atoms with Crippen molar-refractivity contribution < 1.29 is 17.9 Å². The Kier molecular flexibility index (Phi) is 6.10. The molecule has 0 spiro atoms. The van der Waals surface area contributed by atoms with E-state index in [-0.39, 0.29) is 0 Å². The normalized spacial score (nSPS) is 14.5. The molecule has 2 aromatic heterocycles. The van der Waals surface area contributed by atoms with Gasteiger partial charge in [-0.1, -0.05) is 30.3 Å². The first-order valence-corrected chi connectivity index (χ1v) is 11.2. The van der Waals surface area contributed by atoms with Gasteiger partial charge in [0.1, 0.15) is 0 Å². The van der Waals surface area contributed by atoms with E-state index in [4.69, 9.17) is 4.74 Å². The van der Waals surface area contributed by atoms with E-state index in [9.17, 15) is 13.2 Å². The molecule has 0 bridgehead atoms. The molecule has 0 N–H and O–H groups in total. The number of hydrogen-bond donors (Lipinski definition) is 0. The molecule has 176 valence electrons. The minimum Gasteiger partial charge on any atom is -0.383 e. The molecule has 0 unspecified atom stereocenters. The zero-order valence-electron chi connectivity index (χ0n) is 18.8. The molecule has 8 heteroatoms. The lowest BCUT2D eigenvalue weighted by molar-refractivity contribution is -0.137. The number of para-hydroxylation sites is 1. The third-order valence-electron chi connectivity index (χ3n) is 6.28. The van der Waals surface area contributed by atoms with Gasteiger partial charge in [-0.2, -0.15) is 13.2 Å².